The first-order valence-corrected chi connectivity index (χ1v) is 14.5. The standard InChI is InChI=1S/C32H41N3O3/c1-38-28-12-10-24(11-13-28)20-34-19-16-32(31(34)37)14-17-33(18-15-32)21-27-22-35(30(36)26-8-5-9-26)23-29(27)25-6-3-2-4-7-25/h2-4,6-7,10-13,26-27,29H,5,8-9,14-23H2,1H3/t27-,29+/m0/s1. The van der Waals surface area contributed by atoms with Gasteiger partial charge in [0.1, 0.15) is 5.75 Å². The van der Waals surface area contributed by atoms with Gasteiger partial charge in [-0.1, -0.05) is 48.9 Å². The molecule has 1 spiro atoms. The fourth-order valence-electron chi connectivity index (χ4n) is 7.18. The lowest BCUT2D eigenvalue weighted by molar-refractivity contribution is -0.139. The van der Waals surface area contributed by atoms with E-state index in [1.807, 2.05) is 12.1 Å². The fourth-order valence-corrected chi connectivity index (χ4v) is 7.18. The van der Waals surface area contributed by atoms with E-state index >= 15 is 0 Å². The number of amides is 2. The van der Waals surface area contributed by atoms with Gasteiger partial charge in [0.15, 0.2) is 0 Å². The van der Waals surface area contributed by atoms with Crippen LogP contribution in [0.2, 0.25) is 0 Å². The van der Waals surface area contributed by atoms with Gasteiger partial charge < -0.3 is 19.4 Å². The van der Waals surface area contributed by atoms with E-state index in [2.05, 4.69) is 57.2 Å². The predicted molar refractivity (Wildman–Crippen MR) is 148 cm³/mol. The first-order chi connectivity index (χ1) is 18.5. The second-order valence-electron chi connectivity index (χ2n) is 12.1. The van der Waals surface area contributed by atoms with Crippen molar-refractivity contribution in [1.29, 1.82) is 0 Å². The Hall–Kier alpha value is -2.86. The topological polar surface area (TPSA) is 53.1 Å². The van der Waals surface area contributed by atoms with Crippen LogP contribution >= 0.6 is 0 Å². The Labute approximate surface area is 226 Å². The Morgan fingerprint density at radius 3 is 2.32 bits per heavy atom. The smallest absolute Gasteiger partial charge is 0.229 e. The molecule has 2 aromatic rings. The summed E-state index contributed by atoms with van der Waals surface area (Å²) in [6, 6.07) is 18.8. The molecule has 3 saturated heterocycles. The highest BCUT2D eigenvalue weighted by Crippen LogP contribution is 2.43. The average molecular weight is 516 g/mol. The number of hydrogen-bond donors (Lipinski definition) is 0. The van der Waals surface area contributed by atoms with Gasteiger partial charge in [0.2, 0.25) is 11.8 Å². The molecule has 2 amide bonds. The lowest BCUT2D eigenvalue weighted by Gasteiger charge is -2.39. The van der Waals surface area contributed by atoms with E-state index < -0.39 is 0 Å². The number of likely N-dealkylation sites (tertiary alicyclic amines) is 3. The van der Waals surface area contributed by atoms with Gasteiger partial charge in [-0.25, -0.2) is 0 Å². The molecule has 6 heteroatoms. The van der Waals surface area contributed by atoms with Gasteiger partial charge >= 0.3 is 0 Å². The third kappa shape index (κ3) is 4.95. The van der Waals surface area contributed by atoms with E-state index in [4.69, 9.17) is 4.74 Å². The summed E-state index contributed by atoms with van der Waals surface area (Å²) >= 11 is 0. The van der Waals surface area contributed by atoms with Crippen molar-refractivity contribution in [3.05, 3.63) is 65.7 Å². The molecule has 6 rings (SSSR count). The van der Waals surface area contributed by atoms with Gasteiger partial charge in [0.05, 0.1) is 12.5 Å². The summed E-state index contributed by atoms with van der Waals surface area (Å²) in [7, 11) is 1.68. The van der Waals surface area contributed by atoms with E-state index in [9.17, 15) is 9.59 Å². The third-order valence-corrected chi connectivity index (χ3v) is 9.87. The van der Waals surface area contributed by atoms with Crippen molar-refractivity contribution >= 4 is 11.8 Å². The van der Waals surface area contributed by atoms with Crippen LogP contribution in [0.25, 0.3) is 0 Å². The highest BCUT2D eigenvalue weighted by molar-refractivity contribution is 5.85. The van der Waals surface area contributed by atoms with E-state index in [1.165, 1.54) is 12.0 Å². The molecular weight excluding hydrogens is 474 g/mol. The fraction of sp³-hybridized carbons (Fsp3) is 0.562. The van der Waals surface area contributed by atoms with E-state index in [-0.39, 0.29) is 11.3 Å². The summed E-state index contributed by atoms with van der Waals surface area (Å²) in [5.74, 6) is 2.66. The molecule has 0 radical (unpaired) electrons. The molecule has 0 N–H and O–H groups in total. The minimum absolute atomic E-state index is 0.191. The maximum absolute atomic E-state index is 13.6. The minimum atomic E-state index is -0.191. The summed E-state index contributed by atoms with van der Waals surface area (Å²) in [6.07, 6.45) is 6.18. The SMILES string of the molecule is COc1ccc(CN2CCC3(CCN(C[C@H]4CN(C(=O)C5CCC5)C[C@@H]4c4ccccc4)CC3)C2=O)cc1. The minimum Gasteiger partial charge on any atom is -0.497 e. The monoisotopic (exact) mass is 515 g/mol. The number of nitrogens with zero attached hydrogens (tertiary/aromatic N) is 3. The lowest BCUT2D eigenvalue weighted by atomic mass is 9.76. The highest BCUT2D eigenvalue weighted by atomic mass is 16.5. The molecule has 1 aliphatic carbocycles. The van der Waals surface area contributed by atoms with Crippen molar-refractivity contribution < 1.29 is 14.3 Å². The summed E-state index contributed by atoms with van der Waals surface area (Å²) in [5, 5.41) is 0. The number of carbonyl (C=O) groups excluding carboxylic acids is 2. The molecule has 4 aliphatic rings. The van der Waals surface area contributed by atoms with Crippen molar-refractivity contribution in [3.63, 3.8) is 0 Å². The zero-order chi connectivity index (χ0) is 26.1. The van der Waals surface area contributed by atoms with Gasteiger partial charge in [-0.05, 0) is 74.4 Å². The van der Waals surface area contributed by atoms with Crippen molar-refractivity contribution in [1.82, 2.24) is 14.7 Å². The van der Waals surface area contributed by atoms with Crippen LogP contribution in [0.15, 0.2) is 54.6 Å². The van der Waals surface area contributed by atoms with Crippen LogP contribution in [0.4, 0.5) is 0 Å². The molecule has 0 bridgehead atoms. The van der Waals surface area contributed by atoms with Crippen LogP contribution in [0, 0.1) is 17.3 Å². The van der Waals surface area contributed by atoms with Gasteiger partial charge in [-0.15, -0.1) is 0 Å². The number of benzene rings is 2. The van der Waals surface area contributed by atoms with Crippen molar-refractivity contribution in [2.45, 2.75) is 51.0 Å². The lowest BCUT2D eigenvalue weighted by Crippen LogP contribution is -2.46. The zero-order valence-corrected chi connectivity index (χ0v) is 22.7. The van der Waals surface area contributed by atoms with Crippen LogP contribution in [-0.2, 0) is 16.1 Å². The normalized spacial score (nSPS) is 25.7. The van der Waals surface area contributed by atoms with Crippen LogP contribution in [0.1, 0.15) is 55.6 Å². The second kappa shape index (κ2) is 10.7. The largest absolute Gasteiger partial charge is 0.497 e. The maximum Gasteiger partial charge on any atom is 0.229 e. The first-order valence-electron chi connectivity index (χ1n) is 14.5. The molecule has 6 nitrogen and oxygen atoms in total. The van der Waals surface area contributed by atoms with Crippen LogP contribution in [-0.4, -0.2) is 72.9 Å². The van der Waals surface area contributed by atoms with Crippen LogP contribution < -0.4 is 4.74 Å². The predicted octanol–water partition coefficient (Wildman–Crippen LogP) is 4.55. The molecule has 3 heterocycles. The summed E-state index contributed by atoms with van der Waals surface area (Å²) in [6.45, 7) is 6.19. The summed E-state index contributed by atoms with van der Waals surface area (Å²) in [5.41, 5.74) is 2.32. The molecule has 2 atom stereocenters. The van der Waals surface area contributed by atoms with Gasteiger partial charge in [-0.3, -0.25) is 9.59 Å². The Kier molecular flexibility index (Phi) is 7.17. The van der Waals surface area contributed by atoms with E-state index in [1.54, 1.807) is 7.11 Å². The summed E-state index contributed by atoms with van der Waals surface area (Å²) in [4.78, 5) is 33.5. The number of carbonyl (C=O) groups is 2. The number of hydrogen-bond acceptors (Lipinski definition) is 4. The maximum atomic E-state index is 13.6. The first kappa shape index (κ1) is 25.4. The quantitative estimate of drug-likeness (QED) is 0.543. The Morgan fingerprint density at radius 1 is 0.947 bits per heavy atom. The van der Waals surface area contributed by atoms with Crippen molar-refractivity contribution in [2.24, 2.45) is 17.3 Å². The molecule has 202 valence electrons. The zero-order valence-electron chi connectivity index (χ0n) is 22.7. The van der Waals surface area contributed by atoms with Crippen LogP contribution in [0.5, 0.6) is 5.75 Å². The van der Waals surface area contributed by atoms with Crippen LogP contribution in [0.3, 0.4) is 0 Å². The average Bonchev–Trinajstić information content (AvgIpc) is 3.47. The number of piperidine rings is 1. The number of methoxy groups -OCH3 is 1. The molecule has 1 saturated carbocycles. The van der Waals surface area contributed by atoms with Gasteiger partial charge in [0.25, 0.3) is 0 Å². The van der Waals surface area contributed by atoms with Crippen molar-refractivity contribution in [3.8, 4) is 5.75 Å². The van der Waals surface area contributed by atoms with E-state index in [0.717, 1.165) is 82.7 Å². The number of ether oxygens (including phenoxy) is 1. The van der Waals surface area contributed by atoms with Gasteiger partial charge in [0, 0.05) is 44.6 Å². The molecular formula is C32H41N3O3. The molecule has 0 unspecified atom stereocenters. The molecule has 2 aromatic carbocycles. The number of rotatable bonds is 7. The summed E-state index contributed by atoms with van der Waals surface area (Å²) < 4.78 is 5.27. The molecule has 0 aromatic heterocycles. The Bertz CT molecular complexity index is 1120. The Morgan fingerprint density at radius 2 is 1.66 bits per heavy atom. The third-order valence-electron chi connectivity index (χ3n) is 9.87. The Balaban J connectivity index is 1.07. The molecule has 3 aliphatic heterocycles. The van der Waals surface area contributed by atoms with Gasteiger partial charge in [-0.2, -0.15) is 0 Å². The molecule has 38 heavy (non-hydrogen) atoms. The molecule has 4 fully saturated rings. The van der Waals surface area contributed by atoms with E-state index in [0.29, 0.717) is 30.2 Å². The highest BCUT2D eigenvalue weighted by Gasteiger charge is 2.48. The van der Waals surface area contributed by atoms with Crippen molar-refractivity contribution in [2.75, 3.05) is 46.4 Å². The second-order valence-corrected chi connectivity index (χ2v) is 12.1.